The maximum Gasteiger partial charge on any atom is 0.0141 e. The van der Waals surface area contributed by atoms with Crippen LogP contribution < -0.4 is 0 Å². The zero-order valence-corrected chi connectivity index (χ0v) is 17.5. The molecule has 0 aromatic carbocycles. The molecule has 0 aliphatic heterocycles. The van der Waals surface area contributed by atoms with E-state index in [9.17, 15) is 0 Å². The van der Waals surface area contributed by atoms with Crippen LogP contribution >= 0.6 is 11.8 Å². The largest absolute Gasteiger partial charge is 0.302 e. The summed E-state index contributed by atoms with van der Waals surface area (Å²) in [7, 11) is 0. The molecule has 1 nitrogen and oxygen atoms in total. The van der Waals surface area contributed by atoms with Gasteiger partial charge in [-0.2, -0.15) is 11.8 Å². The van der Waals surface area contributed by atoms with E-state index >= 15 is 0 Å². The first-order valence-corrected chi connectivity index (χ1v) is 11.0. The fourth-order valence-corrected chi connectivity index (χ4v) is 3.73. The van der Waals surface area contributed by atoms with Crippen LogP contribution in [0.1, 0.15) is 72.1 Å². The zero-order chi connectivity index (χ0) is 18.2. The van der Waals surface area contributed by atoms with Crippen molar-refractivity contribution < 1.29 is 0 Å². The molecule has 0 rings (SSSR count). The van der Waals surface area contributed by atoms with Crippen molar-refractivity contribution in [3.8, 4) is 0 Å². The second-order valence-electron chi connectivity index (χ2n) is 6.89. The maximum absolute atomic E-state index is 4.22. The monoisotopic (exact) mass is 351 g/mol. The molecular weight excluding hydrogens is 310 g/mol. The highest BCUT2D eigenvalue weighted by Crippen LogP contribution is 2.14. The van der Waals surface area contributed by atoms with Crippen LogP contribution in [0, 0.1) is 0 Å². The second kappa shape index (κ2) is 16.0. The van der Waals surface area contributed by atoms with Gasteiger partial charge in [0.15, 0.2) is 0 Å². The Kier molecular flexibility index (Phi) is 15.7. The quantitative estimate of drug-likeness (QED) is 0.208. The topological polar surface area (TPSA) is 3.24 Å². The van der Waals surface area contributed by atoms with Crippen LogP contribution in [0.15, 0.2) is 36.5 Å². The highest BCUT2D eigenvalue weighted by Gasteiger charge is 2.07. The molecule has 140 valence electrons. The van der Waals surface area contributed by atoms with Gasteiger partial charge < -0.3 is 4.90 Å². The van der Waals surface area contributed by atoms with Crippen LogP contribution in [-0.2, 0) is 0 Å². The van der Waals surface area contributed by atoms with E-state index in [1.165, 1.54) is 67.5 Å². The van der Waals surface area contributed by atoms with Crippen molar-refractivity contribution in [3.63, 3.8) is 0 Å². The first-order chi connectivity index (χ1) is 11.5. The van der Waals surface area contributed by atoms with Crippen molar-refractivity contribution in [2.45, 2.75) is 72.1 Å². The summed E-state index contributed by atoms with van der Waals surface area (Å²) in [5.41, 5.74) is 4.19. The Balaban J connectivity index is 4.17. The van der Waals surface area contributed by atoms with Gasteiger partial charge in [0.1, 0.15) is 0 Å². The fourth-order valence-electron chi connectivity index (χ4n) is 2.76. The summed E-state index contributed by atoms with van der Waals surface area (Å²) in [6.45, 7) is 22.8. The first-order valence-electron chi connectivity index (χ1n) is 9.83. The Morgan fingerprint density at radius 3 is 1.58 bits per heavy atom. The van der Waals surface area contributed by atoms with E-state index in [2.05, 4.69) is 45.4 Å². The van der Waals surface area contributed by atoms with Crippen LogP contribution in [0.3, 0.4) is 0 Å². The molecule has 0 aromatic rings. The summed E-state index contributed by atoms with van der Waals surface area (Å²) >= 11 is 2.03. The summed E-state index contributed by atoms with van der Waals surface area (Å²) in [6, 6.07) is 0. The third-order valence-corrected chi connectivity index (χ3v) is 5.32. The van der Waals surface area contributed by atoms with Crippen LogP contribution in [0.4, 0.5) is 0 Å². The number of nitrogens with zero attached hydrogens (tertiary/aromatic N) is 1. The molecule has 0 amide bonds. The smallest absolute Gasteiger partial charge is 0.0141 e. The third kappa shape index (κ3) is 13.9. The number of thioether (sulfide) groups is 1. The fraction of sp³-hybridized carbons (Fsp3) is 0.727. The average molecular weight is 352 g/mol. The lowest BCUT2D eigenvalue weighted by atomic mass is 10.1. The molecule has 0 saturated heterocycles. The predicted molar refractivity (Wildman–Crippen MR) is 115 cm³/mol. The Morgan fingerprint density at radius 1 is 0.667 bits per heavy atom. The van der Waals surface area contributed by atoms with E-state index < -0.39 is 0 Å². The van der Waals surface area contributed by atoms with Crippen molar-refractivity contribution in [2.75, 3.05) is 31.1 Å². The van der Waals surface area contributed by atoms with Gasteiger partial charge in [-0.15, -0.1) is 0 Å². The van der Waals surface area contributed by atoms with E-state index in [1.54, 1.807) is 0 Å². The number of hydrogen-bond donors (Lipinski definition) is 0. The van der Waals surface area contributed by atoms with Gasteiger partial charge in [-0.05, 0) is 32.1 Å². The molecule has 0 saturated carbocycles. The van der Waals surface area contributed by atoms with Gasteiger partial charge in [0.2, 0.25) is 0 Å². The summed E-state index contributed by atoms with van der Waals surface area (Å²) in [4.78, 5) is 2.61. The molecular formula is C22H41NS. The van der Waals surface area contributed by atoms with Crippen LogP contribution in [0.25, 0.3) is 0 Å². The highest BCUT2D eigenvalue weighted by molar-refractivity contribution is 7.99. The van der Waals surface area contributed by atoms with Gasteiger partial charge in [0, 0.05) is 31.1 Å². The Labute approximate surface area is 156 Å². The van der Waals surface area contributed by atoms with Gasteiger partial charge in [-0.25, -0.2) is 0 Å². The van der Waals surface area contributed by atoms with Gasteiger partial charge in [-0.1, -0.05) is 76.5 Å². The normalized spacial score (nSPS) is 11.0. The number of hydrogen-bond acceptors (Lipinski definition) is 2. The van der Waals surface area contributed by atoms with Crippen LogP contribution in [0.5, 0.6) is 0 Å². The summed E-state index contributed by atoms with van der Waals surface area (Å²) in [6.07, 6.45) is 9.42. The highest BCUT2D eigenvalue weighted by atomic mass is 32.2. The van der Waals surface area contributed by atoms with Crippen LogP contribution in [-0.4, -0.2) is 36.0 Å². The van der Waals surface area contributed by atoms with E-state index in [1.807, 2.05) is 11.8 Å². The molecule has 24 heavy (non-hydrogen) atoms. The molecule has 0 heterocycles. The average Bonchev–Trinajstić information content (AvgIpc) is 2.54. The van der Waals surface area contributed by atoms with Crippen molar-refractivity contribution in [1.82, 2.24) is 4.90 Å². The molecule has 2 heteroatoms. The first kappa shape index (κ1) is 23.5. The summed E-state index contributed by atoms with van der Waals surface area (Å²) in [5.74, 6) is 2.32. The van der Waals surface area contributed by atoms with Crippen LogP contribution in [0.2, 0.25) is 0 Å². The van der Waals surface area contributed by atoms with E-state index in [0.29, 0.717) is 0 Å². The molecule has 0 bridgehead atoms. The molecule has 0 spiro atoms. The van der Waals surface area contributed by atoms with E-state index in [0.717, 1.165) is 31.7 Å². The third-order valence-electron chi connectivity index (χ3n) is 4.23. The zero-order valence-electron chi connectivity index (χ0n) is 16.7. The molecule has 0 radical (unpaired) electrons. The van der Waals surface area contributed by atoms with Gasteiger partial charge in [0.05, 0.1) is 0 Å². The lowest BCUT2D eigenvalue weighted by Crippen LogP contribution is -2.29. The summed E-state index contributed by atoms with van der Waals surface area (Å²) in [5, 5.41) is 0. The standard InChI is InChI=1S/C22H41NS/c1-7-10-20(4)13-15-23(16-14-21(5)11-8-2)17-18-24-19-22(6)12-9-3/h4-19H2,1-3H3. The van der Waals surface area contributed by atoms with E-state index in [4.69, 9.17) is 0 Å². The molecule has 0 aliphatic carbocycles. The SMILES string of the molecule is C=C(CCC)CCN(CCSCC(=C)CCC)CCC(=C)CCC. The lowest BCUT2D eigenvalue weighted by molar-refractivity contribution is 0.296. The molecule has 0 aromatic heterocycles. The lowest BCUT2D eigenvalue weighted by Gasteiger charge is -2.23. The summed E-state index contributed by atoms with van der Waals surface area (Å²) < 4.78 is 0. The molecule has 0 atom stereocenters. The van der Waals surface area contributed by atoms with Crippen molar-refractivity contribution in [2.24, 2.45) is 0 Å². The van der Waals surface area contributed by atoms with Gasteiger partial charge in [0.25, 0.3) is 0 Å². The minimum atomic E-state index is 1.12. The van der Waals surface area contributed by atoms with Gasteiger partial charge in [-0.3, -0.25) is 0 Å². The molecule has 0 fully saturated rings. The Hall–Kier alpha value is -0.470. The van der Waals surface area contributed by atoms with Gasteiger partial charge >= 0.3 is 0 Å². The molecule has 0 N–H and O–H groups in total. The van der Waals surface area contributed by atoms with E-state index in [-0.39, 0.29) is 0 Å². The van der Waals surface area contributed by atoms with Crippen molar-refractivity contribution in [3.05, 3.63) is 36.5 Å². The Morgan fingerprint density at radius 2 is 1.12 bits per heavy atom. The number of rotatable bonds is 17. The molecule has 0 unspecified atom stereocenters. The van der Waals surface area contributed by atoms with Crippen molar-refractivity contribution in [1.29, 1.82) is 0 Å². The Bertz CT molecular complexity index is 337. The maximum atomic E-state index is 4.22. The predicted octanol–water partition coefficient (Wildman–Crippen LogP) is 6.87. The minimum Gasteiger partial charge on any atom is -0.302 e. The minimum absolute atomic E-state index is 1.12. The van der Waals surface area contributed by atoms with Crippen molar-refractivity contribution >= 4 is 11.8 Å². The molecule has 0 aliphatic rings. The second-order valence-corrected chi connectivity index (χ2v) is 8.00.